The molecule has 2 aromatic heterocycles. The van der Waals surface area contributed by atoms with Crippen molar-refractivity contribution in [1.29, 1.82) is 0 Å². The van der Waals surface area contributed by atoms with Gasteiger partial charge < -0.3 is 10.1 Å². The highest BCUT2D eigenvalue weighted by Gasteiger charge is 2.15. The van der Waals surface area contributed by atoms with Crippen LogP contribution in [0, 0.1) is 12.7 Å². The van der Waals surface area contributed by atoms with Crippen molar-refractivity contribution in [2.75, 3.05) is 12.4 Å². The lowest BCUT2D eigenvalue weighted by Crippen LogP contribution is -2.17. The fraction of sp³-hybridized carbons (Fsp3) is 0.136. The predicted molar refractivity (Wildman–Crippen MR) is 115 cm³/mol. The number of benzene rings is 2. The summed E-state index contributed by atoms with van der Waals surface area (Å²) in [6.07, 6.45) is 0.136. The normalized spacial score (nSPS) is 10.8. The van der Waals surface area contributed by atoms with Crippen molar-refractivity contribution in [2.24, 2.45) is 0 Å². The zero-order valence-electron chi connectivity index (χ0n) is 16.4. The maximum absolute atomic E-state index is 13.1. The molecule has 0 atom stereocenters. The average Bonchev–Trinajstić information content (AvgIpc) is 3.36. The molecule has 8 heteroatoms. The molecule has 2 heterocycles. The number of amides is 1. The first-order valence-electron chi connectivity index (χ1n) is 9.23. The number of carbonyl (C=O) groups is 1. The Morgan fingerprint density at radius 2 is 2.00 bits per heavy atom. The molecule has 6 nitrogen and oxygen atoms in total. The number of anilines is 1. The molecule has 30 heavy (non-hydrogen) atoms. The van der Waals surface area contributed by atoms with Gasteiger partial charge in [0.15, 0.2) is 0 Å². The minimum absolute atomic E-state index is 0.136. The second-order valence-electron chi connectivity index (χ2n) is 6.68. The van der Waals surface area contributed by atoms with Crippen LogP contribution in [0.3, 0.4) is 0 Å². The first-order chi connectivity index (χ1) is 14.5. The van der Waals surface area contributed by atoms with Crippen LogP contribution >= 0.6 is 11.3 Å². The van der Waals surface area contributed by atoms with E-state index in [0.29, 0.717) is 10.9 Å². The maximum Gasteiger partial charge on any atom is 0.229 e. The van der Waals surface area contributed by atoms with E-state index in [1.807, 2.05) is 36.6 Å². The summed E-state index contributed by atoms with van der Waals surface area (Å²) in [6, 6.07) is 15.3. The molecule has 1 N–H and O–H groups in total. The molecule has 0 radical (unpaired) electrons. The van der Waals surface area contributed by atoms with Gasteiger partial charge in [-0.05, 0) is 36.8 Å². The van der Waals surface area contributed by atoms with E-state index in [1.165, 1.54) is 23.5 Å². The number of carbonyl (C=O) groups excluding carboxylic acids is 1. The first kappa shape index (κ1) is 19.8. The summed E-state index contributed by atoms with van der Waals surface area (Å²) in [5.41, 5.74) is 3.21. The van der Waals surface area contributed by atoms with E-state index in [9.17, 15) is 9.18 Å². The van der Waals surface area contributed by atoms with Crippen molar-refractivity contribution in [3.8, 4) is 22.1 Å². The van der Waals surface area contributed by atoms with E-state index >= 15 is 0 Å². The Balaban J connectivity index is 1.55. The number of hydrogen-bond donors (Lipinski definition) is 1. The Morgan fingerprint density at radius 3 is 2.77 bits per heavy atom. The van der Waals surface area contributed by atoms with Crippen LogP contribution in [0.4, 0.5) is 10.2 Å². The third kappa shape index (κ3) is 4.38. The molecule has 0 unspecified atom stereocenters. The first-order valence-corrected chi connectivity index (χ1v) is 10.1. The Hall–Kier alpha value is -3.52. The van der Waals surface area contributed by atoms with Crippen molar-refractivity contribution in [3.05, 3.63) is 77.1 Å². The van der Waals surface area contributed by atoms with Crippen LogP contribution in [0.2, 0.25) is 0 Å². The van der Waals surface area contributed by atoms with Gasteiger partial charge >= 0.3 is 0 Å². The molecule has 0 aliphatic heterocycles. The molecule has 0 saturated heterocycles. The molecule has 1 amide bonds. The number of ether oxygens (including phenoxy) is 1. The van der Waals surface area contributed by atoms with E-state index in [2.05, 4.69) is 15.4 Å². The SMILES string of the molecule is COc1cccc(-c2csc(-n3nc(C)cc3NC(=O)Cc3ccc(F)cc3)n2)c1. The largest absolute Gasteiger partial charge is 0.497 e. The van der Waals surface area contributed by atoms with E-state index in [-0.39, 0.29) is 18.1 Å². The molecule has 0 fully saturated rings. The highest BCUT2D eigenvalue weighted by molar-refractivity contribution is 7.12. The minimum atomic E-state index is -0.330. The van der Waals surface area contributed by atoms with Gasteiger partial charge in [-0.15, -0.1) is 11.3 Å². The fourth-order valence-electron chi connectivity index (χ4n) is 2.99. The van der Waals surface area contributed by atoms with E-state index in [4.69, 9.17) is 4.74 Å². The quantitative estimate of drug-likeness (QED) is 0.492. The van der Waals surface area contributed by atoms with Gasteiger partial charge in [0.05, 0.1) is 24.9 Å². The van der Waals surface area contributed by atoms with Crippen LogP contribution in [-0.4, -0.2) is 27.8 Å². The number of thiazole rings is 1. The number of hydrogen-bond acceptors (Lipinski definition) is 5. The second kappa shape index (κ2) is 8.46. The summed E-state index contributed by atoms with van der Waals surface area (Å²) >= 11 is 1.43. The standard InChI is InChI=1S/C22H19FN4O2S/c1-14-10-20(25-21(28)11-15-6-8-17(23)9-7-15)27(26-14)22-24-19(13-30-22)16-4-3-5-18(12-16)29-2/h3-10,12-13H,11H2,1-2H3,(H,25,28). The van der Waals surface area contributed by atoms with Crippen LogP contribution in [-0.2, 0) is 11.2 Å². The van der Waals surface area contributed by atoms with E-state index < -0.39 is 0 Å². The molecule has 4 aromatic rings. The van der Waals surface area contributed by atoms with Crippen molar-refractivity contribution in [2.45, 2.75) is 13.3 Å². The second-order valence-corrected chi connectivity index (χ2v) is 7.52. The zero-order chi connectivity index (χ0) is 21.1. The lowest BCUT2D eigenvalue weighted by molar-refractivity contribution is -0.115. The number of aryl methyl sites for hydroxylation is 1. The van der Waals surface area contributed by atoms with E-state index in [0.717, 1.165) is 28.3 Å². The highest BCUT2D eigenvalue weighted by Crippen LogP contribution is 2.28. The Bertz CT molecular complexity index is 1180. The number of nitrogens with zero attached hydrogens (tertiary/aromatic N) is 3. The Kier molecular flexibility index (Phi) is 5.58. The van der Waals surface area contributed by atoms with Gasteiger partial charge in [-0.25, -0.2) is 9.37 Å². The molecule has 0 saturated carbocycles. The molecule has 0 bridgehead atoms. The molecule has 0 aliphatic rings. The van der Waals surface area contributed by atoms with Crippen LogP contribution in [0.15, 0.2) is 60.0 Å². The number of halogens is 1. The summed E-state index contributed by atoms with van der Waals surface area (Å²) in [5, 5.41) is 9.92. The molecule has 2 aromatic carbocycles. The van der Waals surface area contributed by atoms with Gasteiger partial charge in [-0.2, -0.15) is 9.78 Å². The molecule has 0 spiro atoms. The van der Waals surface area contributed by atoms with Crippen LogP contribution in [0.25, 0.3) is 16.4 Å². The fourth-order valence-corrected chi connectivity index (χ4v) is 3.78. The Morgan fingerprint density at radius 1 is 1.20 bits per heavy atom. The number of nitrogens with one attached hydrogen (secondary N) is 1. The van der Waals surface area contributed by atoms with Gasteiger partial charge in [0.25, 0.3) is 0 Å². The molecule has 152 valence electrons. The van der Waals surface area contributed by atoms with Crippen molar-refractivity contribution in [1.82, 2.24) is 14.8 Å². The number of aromatic nitrogens is 3. The molecular weight excluding hydrogens is 403 g/mol. The summed E-state index contributed by atoms with van der Waals surface area (Å²) in [7, 11) is 1.62. The van der Waals surface area contributed by atoms with E-state index in [1.54, 1.807) is 30.0 Å². The van der Waals surface area contributed by atoms with Crippen molar-refractivity contribution >= 4 is 23.1 Å². The number of rotatable bonds is 6. The lowest BCUT2D eigenvalue weighted by Gasteiger charge is -2.07. The average molecular weight is 422 g/mol. The van der Waals surface area contributed by atoms with Gasteiger partial charge in [-0.3, -0.25) is 4.79 Å². The van der Waals surface area contributed by atoms with Gasteiger partial charge in [0.1, 0.15) is 17.4 Å². The maximum atomic E-state index is 13.1. The highest BCUT2D eigenvalue weighted by atomic mass is 32.1. The van der Waals surface area contributed by atoms with Gasteiger partial charge in [0, 0.05) is 17.0 Å². The zero-order valence-corrected chi connectivity index (χ0v) is 17.2. The molecule has 4 rings (SSSR count). The third-order valence-electron chi connectivity index (χ3n) is 4.42. The van der Waals surface area contributed by atoms with Crippen molar-refractivity contribution < 1.29 is 13.9 Å². The van der Waals surface area contributed by atoms with Crippen LogP contribution < -0.4 is 10.1 Å². The summed E-state index contributed by atoms with van der Waals surface area (Å²) in [5.74, 6) is 0.743. The predicted octanol–water partition coefficient (Wildman–Crippen LogP) is 4.63. The monoisotopic (exact) mass is 422 g/mol. The summed E-state index contributed by atoms with van der Waals surface area (Å²) in [4.78, 5) is 17.2. The van der Waals surface area contributed by atoms with Gasteiger partial charge in [-0.1, -0.05) is 24.3 Å². The number of methoxy groups -OCH3 is 1. The van der Waals surface area contributed by atoms with Crippen molar-refractivity contribution in [3.63, 3.8) is 0 Å². The smallest absolute Gasteiger partial charge is 0.229 e. The topological polar surface area (TPSA) is 69.0 Å². The van der Waals surface area contributed by atoms with Crippen LogP contribution in [0.5, 0.6) is 5.75 Å². The molecule has 0 aliphatic carbocycles. The van der Waals surface area contributed by atoms with Crippen LogP contribution in [0.1, 0.15) is 11.3 Å². The Labute approximate surface area is 177 Å². The third-order valence-corrected chi connectivity index (χ3v) is 5.23. The lowest BCUT2D eigenvalue weighted by atomic mass is 10.1. The summed E-state index contributed by atoms with van der Waals surface area (Å²) in [6.45, 7) is 1.85. The summed E-state index contributed by atoms with van der Waals surface area (Å²) < 4.78 is 20.0. The minimum Gasteiger partial charge on any atom is -0.497 e. The van der Waals surface area contributed by atoms with Gasteiger partial charge in [0.2, 0.25) is 11.0 Å². The molecular formula is C22H19FN4O2S.